The van der Waals surface area contributed by atoms with E-state index >= 15 is 0 Å². The zero-order chi connectivity index (χ0) is 37.8. The number of para-hydroxylation sites is 3. The van der Waals surface area contributed by atoms with E-state index in [0.29, 0.717) is 27.9 Å². The monoisotopic (exact) mass is 659 g/mol. The van der Waals surface area contributed by atoms with Gasteiger partial charge in [-0.25, -0.2) is 15.0 Å². The molecule has 0 aliphatic carbocycles. The van der Waals surface area contributed by atoms with Crippen LogP contribution in [0.5, 0.6) is 0 Å². The second-order valence-electron chi connectivity index (χ2n) is 12.4. The summed E-state index contributed by atoms with van der Waals surface area (Å²) < 4.78 is 57.3. The van der Waals surface area contributed by atoms with E-state index in [1.807, 2.05) is 84.9 Å². The van der Waals surface area contributed by atoms with Gasteiger partial charge in [0.2, 0.25) is 0 Å². The first-order chi connectivity index (χ1) is 27.3. The summed E-state index contributed by atoms with van der Waals surface area (Å²) in [6, 6.07) is 39.7. The highest BCUT2D eigenvalue weighted by molar-refractivity contribution is 6.15. The lowest BCUT2D eigenvalue weighted by atomic mass is 10.1. The maximum Gasteiger partial charge on any atom is 0.164 e. The van der Waals surface area contributed by atoms with E-state index in [0.717, 1.165) is 54.6 Å². The van der Waals surface area contributed by atoms with Crippen LogP contribution in [0, 0.1) is 0 Å². The van der Waals surface area contributed by atoms with Crippen molar-refractivity contribution in [1.82, 2.24) is 19.5 Å². The number of benzene rings is 7. The Labute approximate surface area is 297 Å². The van der Waals surface area contributed by atoms with Gasteiger partial charge in [0.1, 0.15) is 22.3 Å². The number of hydrogen-bond acceptors (Lipinski definition) is 5. The van der Waals surface area contributed by atoms with Crippen molar-refractivity contribution in [3.8, 4) is 39.9 Å². The van der Waals surface area contributed by atoms with Crippen LogP contribution in [-0.4, -0.2) is 19.5 Å². The number of aromatic nitrogens is 4. The highest BCUT2D eigenvalue weighted by Gasteiger charge is 2.20. The Bertz CT molecular complexity index is 3380. The molecule has 6 heteroatoms. The summed E-state index contributed by atoms with van der Waals surface area (Å²) in [5, 5.41) is 5.84. The van der Waals surface area contributed by atoms with Crippen LogP contribution >= 0.6 is 0 Å². The van der Waals surface area contributed by atoms with E-state index in [1.54, 1.807) is 0 Å². The molecule has 238 valence electrons. The fourth-order valence-corrected chi connectivity index (χ4v) is 7.29. The van der Waals surface area contributed by atoms with E-state index in [-0.39, 0.29) is 23.0 Å². The molecule has 0 unspecified atom stereocenters. The lowest BCUT2D eigenvalue weighted by molar-refractivity contribution is 0.668. The largest absolute Gasteiger partial charge is 0.456 e. The maximum atomic E-state index is 8.78. The zero-order valence-corrected chi connectivity index (χ0v) is 26.7. The average Bonchev–Trinajstić information content (AvgIpc) is 3.91. The molecule has 0 radical (unpaired) electrons. The van der Waals surface area contributed by atoms with Crippen LogP contribution in [0.2, 0.25) is 0 Å². The van der Waals surface area contributed by atoms with Crippen LogP contribution < -0.4 is 0 Å². The fraction of sp³-hybridized carbons (Fsp3) is 0. The molecule has 51 heavy (non-hydrogen) atoms. The normalized spacial score (nSPS) is 13.3. The summed E-state index contributed by atoms with van der Waals surface area (Å²) >= 11 is 0. The molecule has 11 rings (SSSR count). The Hall–Kier alpha value is -7.05. The Kier molecular flexibility index (Phi) is 4.91. The Morgan fingerprint density at radius 2 is 0.961 bits per heavy atom. The molecule has 0 aliphatic rings. The van der Waals surface area contributed by atoms with Gasteiger partial charge in [0.05, 0.1) is 29.0 Å². The molecule has 11 aromatic rings. The lowest BCUT2D eigenvalue weighted by Crippen LogP contribution is -2.00. The Morgan fingerprint density at radius 3 is 1.67 bits per heavy atom. The molecule has 0 atom stereocenters. The van der Waals surface area contributed by atoms with Gasteiger partial charge >= 0.3 is 0 Å². The molecule has 0 amide bonds. The number of fused-ring (bicyclic) bond motifs is 9. The molecule has 4 aromatic heterocycles. The van der Waals surface area contributed by atoms with Gasteiger partial charge in [-0.1, -0.05) is 90.9 Å². The van der Waals surface area contributed by atoms with Crippen LogP contribution in [0.1, 0.15) is 6.85 Å². The highest BCUT2D eigenvalue weighted by atomic mass is 16.3. The van der Waals surface area contributed by atoms with Crippen molar-refractivity contribution in [3.05, 3.63) is 158 Å². The summed E-state index contributed by atoms with van der Waals surface area (Å²) in [6.45, 7) is 0. The van der Waals surface area contributed by atoms with Crippen LogP contribution in [0.25, 0.3) is 106 Å². The van der Waals surface area contributed by atoms with Gasteiger partial charge in [-0.3, -0.25) is 0 Å². The standard InChI is InChI=1S/C45H26N4O2/c1-2-11-27(12-3-1)43-46-44(28-21-23-39-33(25-28)32-15-6-9-19-38(32)50-39)48-45(47-43)29-22-24-40-34(26-29)42-37(18-10-20-41(42)51-40)49-35-16-7-4-13-30(35)31-14-5-8-17-36(31)49/h1-26H/i1D,2D,3D,11D,12D. The van der Waals surface area contributed by atoms with E-state index in [9.17, 15) is 0 Å². The molecule has 0 fully saturated rings. The van der Waals surface area contributed by atoms with Crippen molar-refractivity contribution in [2.75, 3.05) is 0 Å². The van der Waals surface area contributed by atoms with E-state index < -0.39 is 30.2 Å². The van der Waals surface area contributed by atoms with E-state index in [1.165, 1.54) is 0 Å². The SMILES string of the molecule is [2H]c1c([2H])c([2H])c(-c2nc(-c3ccc4oc5ccccc5c4c3)nc(-c3ccc4oc5cccc(-n6c7ccccc7c7ccccc76)c5c4c3)n2)c([2H])c1[2H]. The van der Waals surface area contributed by atoms with Crippen molar-refractivity contribution in [2.45, 2.75) is 0 Å². The predicted molar refractivity (Wildman–Crippen MR) is 205 cm³/mol. The summed E-state index contributed by atoms with van der Waals surface area (Å²) in [7, 11) is 0. The van der Waals surface area contributed by atoms with E-state index in [2.05, 4.69) is 47.0 Å². The Morgan fingerprint density at radius 1 is 0.431 bits per heavy atom. The molecule has 7 aromatic carbocycles. The summed E-state index contributed by atoms with van der Waals surface area (Å²) in [5.41, 5.74) is 7.09. The van der Waals surface area contributed by atoms with Crippen molar-refractivity contribution >= 4 is 65.7 Å². The number of hydrogen-bond donors (Lipinski definition) is 0. The summed E-state index contributed by atoms with van der Waals surface area (Å²) in [4.78, 5) is 14.6. The quantitative estimate of drug-likeness (QED) is 0.188. The summed E-state index contributed by atoms with van der Waals surface area (Å²) in [6.07, 6.45) is 0. The maximum absolute atomic E-state index is 8.78. The van der Waals surface area contributed by atoms with Crippen LogP contribution in [0.15, 0.2) is 166 Å². The summed E-state index contributed by atoms with van der Waals surface area (Å²) in [5.74, 6) is 0.494. The van der Waals surface area contributed by atoms with Crippen LogP contribution in [0.4, 0.5) is 0 Å². The topological polar surface area (TPSA) is 69.9 Å². The third kappa shape index (κ3) is 4.26. The van der Waals surface area contributed by atoms with Gasteiger partial charge in [-0.05, 0) is 66.7 Å². The number of furan rings is 2. The van der Waals surface area contributed by atoms with Crippen molar-refractivity contribution in [3.63, 3.8) is 0 Å². The zero-order valence-electron chi connectivity index (χ0n) is 31.7. The second-order valence-corrected chi connectivity index (χ2v) is 12.4. The van der Waals surface area contributed by atoms with E-state index in [4.69, 9.17) is 30.6 Å². The van der Waals surface area contributed by atoms with Gasteiger partial charge in [-0.2, -0.15) is 0 Å². The molecule has 0 saturated carbocycles. The minimum absolute atomic E-state index is 0.0396. The molecule has 6 nitrogen and oxygen atoms in total. The average molecular weight is 660 g/mol. The van der Waals surface area contributed by atoms with Gasteiger partial charge in [-0.15, -0.1) is 0 Å². The first-order valence-electron chi connectivity index (χ1n) is 19.0. The third-order valence-electron chi connectivity index (χ3n) is 9.55. The fourth-order valence-electron chi connectivity index (χ4n) is 7.29. The lowest BCUT2D eigenvalue weighted by Gasteiger charge is -2.10. The van der Waals surface area contributed by atoms with Crippen molar-refractivity contribution in [2.24, 2.45) is 0 Å². The molecule has 0 saturated heterocycles. The smallest absolute Gasteiger partial charge is 0.164 e. The molecule has 0 N–H and O–H groups in total. The second kappa shape index (κ2) is 10.7. The minimum Gasteiger partial charge on any atom is -0.456 e. The van der Waals surface area contributed by atoms with Gasteiger partial charge in [0.25, 0.3) is 0 Å². The highest BCUT2D eigenvalue weighted by Crippen LogP contribution is 2.40. The minimum atomic E-state index is -0.494. The molecule has 0 aliphatic heterocycles. The van der Waals surface area contributed by atoms with Crippen LogP contribution in [0.3, 0.4) is 0 Å². The molecular formula is C45H26N4O2. The van der Waals surface area contributed by atoms with Crippen LogP contribution in [-0.2, 0) is 0 Å². The molecule has 0 bridgehead atoms. The van der Waals surface area contributed by atoms with Gasteiger partial charge in [0.15, 0.2) is 17.5 Å². The third-order valence-corrected chi connectivity index (χ3v) is 9.55. The van der Waals surface area contributed by atoms with Gasteiger partial charge < -0.3 is 13.4 Å². The molecular weight excluding hydrogens is 629 g/mol. The molecule has 4 heterocycles. The Balaban J connectivity index is 1.17. The molecule has 0 spiro atoms. The number of nitrogens with zero attached hydrogens (tertiary/aromatic N) is 4. The first kappa shape index (κ1) is 23.3. The van der Waals surface area contributed by atoms with Crippen molar-refractivity contribution < 1.29 is 15.7 Å². The van der Waals surface area contributed by atoms with Gasteiger partial charge in [0, 0.05) is 43.6 Å². The number of rotatable bonds is 4. The van der Waals surface area contributed by atoms with Crippen molar-refractivity contribution in [1.29, 1.82) is 0 Å². The predicted octanol–water partition coefficient (Wildman–Crippen LogP) is 11.8. The first-order valence-corrected chi connectivity index (χ1v) is 16.5.